The lowest BCUT2D eigenvalue weighted by molar-refractivity contribution is 0.0299. The van der Waals surface area contributed by atoms with Crippen LogP contribution in [0, 0.1) is 5.82 Å². The summed E-state index contributed by atoms with van der Waals surface area (Å²) in [6.07, 6.45) is 2.72. The zero-order valence-electron chi connectivity index (χ0n) is 19.7. The summed E-state index contributed by atoms with van der Waals surface area (Å²) < 4.78 is 22.0. The largest absolute Gasteiger partial charge is 0.393 e. The van der Waals surface area contributed by atoms with Crippen LogP contribution in [0.4, 0.5) is 27.3 Å². The van der Waals surface area contributed by atoms with Gasteiger partial charge in [-0.15, -0.1) is 5.10 Å². The fourth-order valence-electron chi connectivity index (χ4n) is 4.15. The third-order valence-electron chi connectivity index (χ3n) is 6.26. The van der Waals surface area contributed by atoms with E-state index in [-0.39, 0.29) is 28.1 Å². The minimum absolute atomic E-state index is 0.110. The van der Waals surface area contributed by atoms with Crippen LogP contribution in [-0.2, 0) is 4.74 Å². The van der Waals surface area contributed by atoms with Gasteiger partial charge in [-0.05, 0) is 13.1 Å². The van der Waals surface area contributed by atoms with E-state index >= 15 is 4.39 Å². The van der Waals surface area contributed by atoms with Crippen LogP contribution in [0.2, 0.25) is 5.15 Å². The number of carbonyl (C=O) groups is 1. The van der Waals surface area contributed by atoms with E-state index in [0.717, 1.165) is 13.1 Å². The molecule has 0 radical (unpaired) electrons. The van der Waals surface area contributed by atoms with Gasteiger partial charge in [0.25, 0.3) is 5.91 Å². The van der Waals surface area contributed by atoms with E-state index < -0.39 is 5.82 Å². The SMILES string of the molecule is CN1CCN(c2cc(F)c(-n3cc(C(=O)N4CCOCC4)nn3)cc2Nc2ncnc(Cl)c2N)CC1. The molecule has 3 aromatic rings. The van der Waals surface area contributed by atoms with Gasteiger partial charge in [-0.2, -0.15) is 0 Å². The van der Waals surface area contributed by atoms with Crippen molar-refractivity contribution >= 4 is 40.4 Å². The second-order valence-corrected chi connectivity index (χ2v) is 8.97. The van der Waals surface area contributed by atoms with Crippen LogP contribution in [0.15, 0.2) is 24.7 Å². The molecule has 2 saturated heterocycles. The predicted molar refractivity (Wildman–Crippen MR) is 132 cm³/mol. The highest BCUT2D eigenvalue weighted by molar-refractivity contribution is 6.32. The van der Waals surface area contributed by atoms with Crippen molar-refractivity contribution in [2.45, 2.75) is 0 Å². The molecule has 5 rings (SSSR count). The number of hydrogen-bond acceptors (Lipinski definition) is 10. The lowest BCUT2D eigenvalue weighted by Gasteiger charge is -2.35. The van der Waals surface area contributed by atoms with Crippen LogP contribution >= 0.6 is 11.6 Å². The van der Waals surface area contributed by atoms with Crippen molar-refractivity contribution in [2.24, 2.45) is 0 Å². The summed E-state index contributed by atoms with van der Waals surface area (Å²) in [5.41, 5.74) is 7.68. The highest BCUT2D eigenvalue weighted by atomic mass is 35.5. The van der Waals surface area contributed by atoms with E-state index in [1.165, 1.54) is 23.3 Å². The Morgan fingerprint density at radius 3 is 2.61 bits per heavy atom. The van der Waals surface area contributed by atoms with Gasteiger partial charge in [0.05, 0.1) is 30.8 Å². The molecule has 0 unspecified atom stereocenters. The minimum Gasteiger partial charge on any atom is -0.393 e. The number of carbonyl (C=O) groups excluding carboxylic acids is 1. The molecule has 2 aromatic heterocycles. The van der Waals surface area contributed by atoms with Gasteiger partial charge >= 0.3 is 0 Å². The number of amides is 1. The summed E-state index contributed by atoms with van der Waals surface area (Å²) >= 11 is 6.08. The van der Waals surface area contributed by atoms with Crippen molar-refractivity contribution < 1.29 is 13.9 Å². The first-order valence-corrected chi connectivity index (χ1v) is 11.9. The number of rotatable bonds is 5. The Balaban J connectivity index is 1.50. The van der Waals surface area contributed by atoms with Crippen LogP contribution in [0.5, 0.6) is 0 Å². The van der Waals surface area contributed by atoms with Crippen LogP contribution in [0.1, 0.15) is 10.5 Å². The second-order valence-electron chi connectivity index (χ2n) is 8.62. The number of aromatic nitrogens is 5. The first-order chi connectivity index (χ1) is 17.4. The molecule has 14 heteroatoms. The predicted octanol–water partition coefficient (Wildman–Crippen LogP) is 1.40. The molecule has 12 nitrogen and oxygen atoms in total. The quantitative estimate of drug-likeness (QED) is 0.480. The maximum Gasteiger partial charge on any atom is 0.276 e. The Labute approximate surface area is 211 Å². The van der Waals surface area contributed by atoms with Gasteiger partial charge in [0.2, 0.25) is 0 Å². The van der Waals surface area contributed by atoms with Crippen molar-refractivity contribution in [1.82, 2.24) is 34.8 Å². The maximum absolute atomic E-state index is 15.5. The molecular weight excluding hydrogens is 491 g/mol. The Kier molecular flexibility index (Phi) is 6.85. The van der Waals surface area contributed by atoms with Crippen LogP contribution in [-0.4, -0.2) is 100 Å². The fourth-order valence-corrected chi connectivity index (χ4v) is 4.28. The highest BCUT2D eigenvalue weighted by Gasteiger charge is 2.24. The number of nitrogens with zero attached hydrogens (tertiary/aromatic N) is 8. The molecule has 3 N–H and O–H groups in total. The second kappa shape index (κ2) is 10.2. The molecule has 0 spiro atoms. The first-order valence-electron chi connectivity index (χ1n) is 11.5. The molecule has 1 amide bonds. The van der Waals surface area contributed by atoms with Gasteiger partial charge in [-0.1, -0.05) is 16.8 Å². The lowest BCUT2D eigenvalue weighted by Crippen LogP contribution is -2.44. The molecule has 2 aliphatic rings. The Morgan fingerprint density at radius 1 is 1.11 bits per heavy atom. The molecule has 36 heavy (non-hydrogen) atoms. The highest BCUT2D eigenvalue weighted by Crippen LogP contribution is 2.35. The molecule has 1 aromatic carbocycles. The molecule has 0 saturated carbocycles. The molecule has 2 fully saturated rings. The lowest BCUT2D eigenvalue weighted by atomic mass is 10.1. The van der Waals surface area contributed by atoms with Crippen molar-refractivity contribution in [3.8, 4) is 5.69 Å². The van der Waals surface area contributed by atoms with E-state index in [4.69, 9.17) is 22.1 Å². The summed E-state index contributed by atoms with van der Waals surface area (Å²) in [6, 6.07) is 3.03. The number of benzene rings is 1. The van der Waals surface area contributed by atoms with Gasteiger partial charge in [-0.25, -0.2) is 19.0 Å². The summed E-state index contributed by atoms with van der Waals surface area (Å²) in [7, 11) is 2.05. The minimum atomic E-state index is -0.515. The summed E-state index contributed by atoms with van der Waals surface area (Å²) in [5, 5.41) is 11.3. The van der Waals surface area contributed by atoms with Crippen molar-refractivity contribution in [3.05, 3.63) is 41.3 Å². The molecule has 2 aliphatic heterocycles. The van der Waals surface area contributed by atoms with E-state index in [1.54, 1.807) is 11.0 Å². The molecule has 4 heterocycles. The number of nitrogen functional groups attached to an aromatic ring is 1. The van der Waals surface area contributed by atoms with E-state index in [9.17, 15) is 4.79 Å². The van der Waals surface area contributed by atoms with Gasteiger partial charge in [0, 0.05) is 45.3 Å². The number of piperazine rings is 1. The maximum atomic E-state index is 15.5. The monoisotopic (exact) mass is 516 g/mol. The standard InChI is InChI=1S/C22H26ClFN10O2/c1-31-2-4-32(5-3-31)18-10-14(24)17(11-15(18)28-21-19(25)20(23)26-13-27-21)34-12-16(29-30-34)22(35)33-6-8-36-9-7-33/h10-13H,2-9,25H2,1H3,(H,26,27,28). The van der Waals surface area contributed by atoms with Crippen molar-refractivity contribution in [2.75, 3.05) is 75.5 Å². The molecule has 0 aliphatic carbocycles. The van der Waals surface area contributed by atoms with E-state index in [2.05, 4.69) is 35.4 Å². The van der Waals surface area contributed by atoms with Gasteiger partial charge in [0.15, 0.2) is 22.5 Å². The summed E-state index contributed by atoms with van der Waals surface area (Å²) in [5.74, 6) is -0.496. The number of halogens is 2. The Bertz CT molecular complexity index is 1260. The number of likely N-dealkylation sites (N-methyl/N-ethyl adjacent to an activating group) is 1. The topological polar surface area (TPSA) is 131 Å². The van der Waals surface area contributed by atoms with E-state index in [0.29, 0.717) is 56.6 Å². The molecular formula is C22H26ClFN10O2. The Morgan fingerprint density at radius 2 is 1.86 bits per heavy atom. The average Bonchev–Trinajstić information content (AvgIpc) is 3.38. The van der Waals surface area contributed by atoms with Gasteiger partial charge in [-0.3, -0.25) is 4.79 Å². The number of nitrogens with one attached hydrogen (secondary N) is 1. The van der Waals surface area contributed by atoms with Crippen LogP contribution in [0.25, 0.3) is 5.69 Å². The van der Waals surface area contributed by atoms with Crippen LogP contribution < -0.4 is 16.0 Å². The zero-order chi connectivity index (χ0) is 25.2. The molecule has 0 bridgehead atoms. The van der Waals surface area contributed by atoms with Crippen molar-refractivity contribution in [1.29, 1.82) is 0 Å². The summed E-state index contributed by atoms with van der Waals surface area (Å²) in [4.78, 5) is 26.8. The Hall–Kier alpha value is -3.55. The van der Waals surface area contributed by atoms with E-state index in [1.807, 2.05) is 7.05 Å². The first kappa shape index (κ1) is 24.2. The van der Waals surface area contributed by atoms with Gasteiger partial charge in [0.1, 0.15) is 17.7 Å². The number of anilines is 4. The number of morpholine rings is 1. The average molecular weight is 517 g/mol. The third kappa shape index (κ3) is 4.90. The normalized spacial score (nSPS) is 16.9. The smallest absolute Gasteiger partial charge is 0.276 e. The van der Waals surface area contributed by atoms with Crippen molar-refractivity contribution in [3.63, 3.8) is 0 Å². The number of nitrogens with two attached hydrogens (primary N) is 1. The molecule has 0 atom stereocenters. The third-order valence-corrected chi connectivity index (χ3v) is 6.56. The molecule has 190 valence electrons. The fraction of sp³-hybridized carbons (Fsp3) is 0.409. The number of hydrogen-bond donors (Lipinski definition) is 2. The zero-order valence-corrected chi connectivity index (χ0v) is 20.4. The number of ether oxygens (including phenoxy) is 1. The van der Waals surface area contributed by atoms with Crippen LogP contribution in [0.3, 0.4) is 0 Å². The van der Waals surface area contributed by atoms with Gasteiger partial charge < -0.3 is 30.5 Å². The summed E-state index contributed by atoms with van der Waals surface area (Å²) in [6.45, 7) is 4.96.